The Morgan fingerprint density at radius 3 is 2.70 bits per heavy atom. The number of hydrogen-bond acceptors (Lipinski definition) is 3. The van der Waals surface area contributed by atoms with E-state index in [0.29, 0.717) is 23.4 Å². The van der Waals surface area contributed by atoms with Crippen molar-refractivity contribution in [2.24, 2.45) is 0 Å². The molecular weight excluding hydrogens is 295 g/mol. The molecule has 1 aliphatic rings. The van der Waals surface area contributed by atoms with Gasteiger partial charge in [0.05, 0.1) is 0 Å². The maximum atomic E-state index is 11.9. The zero-order valence-electron chi connectivity index (χ0n) is 10.7. The van der Waals surface area contributed by atoms with Gasteiger partial charge in [0.1, 0.15) is 12.4 Å². The van der Waals surface area contributed by atoms with Crippen LogP contribution in [0.5, 0.6) is 5.75 Å². The van der Waals surface area contributed by atoms with E-state index in [1.165, 1.54) is 0 Å². The van der Waals surface area contributed by atoms with Crippen molar-refractivity contribution in [3.8, 4) is 5.75 Å². The van der Waals surface area contributed by atoms with Crippen molar-refractivity contribution in [2.45, 2.75) is 31.6 Å². The zero-order valence-corrected chi connectivity index (χ0v) is 11.4. The molecule has 0 bridgehead atoms. The van der Waals surface area contributed by atoms with Crippen LogP contribution in [0.2, 0.25) is 5.02 Å². The van der Waals surface area contributed by atoms with Crippen LogP contribution in [0, 0.1) is 0 Å². The predicted octanol–water partition coefficient (Wildman–Crippen LogP) is 3.51. The summed E-state index contributed by atoms with van der Waals surface area (Å²) < 4.78 is 45.4. The van der Waals surface area contributed by atoms with Crippen LogP contribution in [0.3, 0.4) is 0 Å². The summed E-state index contributed by atoms with van der Waals surface area (Å²) in [6.45, 7) is -1.20. The summed E-state index contributed by atoms with van der Waals surface area (Å²) in [5, 5.41) is 3.85. The van der Waals surface area contributed by atoms with Crippen molar-refractivity contribution in [1.29, 1.82) is 0 Å². The Morgan fingerprint density at radius 2 is 2.05 bits per heavy atom. The topological polar surface area (TPSA) is 30.5 Å². The summed E-state index contributed by atoms with van der Waals surface area (Å²) in [7, 11) is 0. The lowest BCUT2D eigenvalue weighted by atomic mass is 10.2. The van der Waals surface area contributed by atoms with Gasteiger partial charge in [-0.25, -0.2) is 0 Å². The minimum absolute atomic E-state index is 0.447. The molecule has 2 rings (SSSR count). The highest BCUT2D eigenvalue weighted by molar-refractivity contribution is 6.30. The Labute approximate surface area is 120 Å². The minimum Gasteiger partial charge on any atom is -0.467 e. The number of benzene rings is 1. The van der Waals surface area contributed by atoms with Crippen LogP contribution < -0.4 is 10.1 Å². The van der Waals surface area contributed by atoms with Gasteiger partial charge in [-0.1, -0.05) is 11.6 Å². The minimum atomic E-state index is -4.35. The molecule has 0 aliphatic heterocycles. The van der Waals surface area contributed by atoms with E-state index in [1.807, 2.05) is 0 Å². The number of halogens is 4. The fourth-order valence-corrected chi connectivity index (χ4v) is 1.83. The Kier molecular flexibility index (Phi) is 5.12. The molecule has 0 aromatic heterocycles. The average Bonchev–Trinajstić information content (AvgIpc) is 3.16. The zero-order chi connectivity index (χ0) is 14.6. The van der Waals surface area contributed by atoms with Gasteiger partial charge in [-0.2, -0.15) is 13.2 Å². The van der Waals surface area contributed by atoms with E-state index in [1.54, 1.807) is 18.2 Å². The number of rotatable bonds is 7. The van der Waals surface area contributed by atoms with Gasteiger partial charge in [-0.3, -0.25) is 0 Å². The van der Waals surface area contributed by atoms with Crippen LogP contribution in [0.4, 0.5) is 13.2 Å². The second-order valence-electron chi connectivity index (χ2n) is 4.63. The third-order valence-corrected chi connectivity index (χ3v) is 2.98. The summed E-state index contributed by atoms with van der Waals surface area (Å²) in [6.07, 6.45) is -2.06. The van der Waals surface area contributed by atoms with Crippen molar-refractivity contribution >= 4 is 11.6 Å². The van der Waals surface area contributed by atoms with Crippen molar-refractivity contribution in [1.82, 2.24) is 5.32 Å². The quantitative estimate of drug-likeness (QED) is 0.617. The summed E-state index contributed by atoms with van der Waals surface area (Å²) in [4.78, 5) is 0. The first kappa shape index (κ1) is 15.4. The lowest BCUT2D eigenvalue weighted by molar-refractivity contribution is -0.186. The lowest BCUT2D eigenvalue weighted by Crippen LogP contribution is -2.20. The van der Waals surface area contributed by atoms with Gasteiger partial charge in [0.15, 0.2) is 6.79 Å². The molecule has 1 aliphatic carbocycles. The molecule has 20 heavy (non-hydrogen) atoms. The largest absolute Gasteiger partial charge is 0.467 e. The van der Waals surface area contributed by atoms with Gasteiger partial charge in [0.25, 0.3) is 0 Å². The van der Waals surface area contributed by atoms with Gasteiger partial charge in [0.2, 0.25) is 0 Å². The molecule has 0 heterocycles. The summed E-state index contributed by atoms with van der Waals surface area (Å²) in [5.41, 5.74) is 0.806. The molecule has 0 radical (unpaired) electrons. The van der Waals surface area contributed by atoms with E-state index in [2.05, 4.69) is 10.1 Å². The van der Waals surface area contributed by atoms with E-state index in [-0.39, 0.29) is 0 Å². The first-order valence-corrected chi connectivity index (χ1v) is 6.61. The second kappa shape index (κ2) is 6.65. The number of alkyl halides is 3. The van der Waals surface area contributed by atoms with Crippen LogP contribution in [-0.4, -0.2) is 25.6 Å². The third-order valence-electron chi connectivity index (χ3n) is 2.74. The third kappa shape index (κ3) is 5.56. The van der Waals surface area contributed by atoms with Crippen LogP contribution >= 0.6 is 11.6 Å². The Balaban J connectivity index is 1.85. The Hall–Kier alpha value is -0.980. The van der Waals surface area contributed by atoms with Crippen LogP contribution in [0.15, 0.2) is 18.2 Å². The van der Waals surface area contributed by atoms with Gasteiger partial charge in [-0.05, 0) is 31.0 Å². The predicted molar refractivity (Wildman–Crippen MR) is 68.8 cm³/mol. The van der Waals surface area contributed by atoms with Crippen molar-refractivity contribution in [2.75, 3.05) is 13.4 Å². The van der Waals surface area contributed by atoms with Gasteiger partial charge < -0.3 is 14.8 Å². The molecule has 1 aromatic rings. The summed E-state index contributed by atoms with van der Waals surface area (Å²) in [6, 6.07) is 5.50. The van der Waals surface area contributed by atoms with Gasteiger partial charge >= 0.3 is 6.18 Å². The molecule has 1 saturated carbocycles. The van der Waals surface area contributed by atoms with Crippen molar-refractivity contribution in [3.05, 3.63) is 28.8 Å². The van der Waals surface area contributed by atoms with Crippen molar-refractivity contribution in [3.63, 3.8) is 0 Å². The highest BCUT2D eigenvalue weighted by Gasteiger charge is 2.27. The van der Waals surface area contributed by atoms with Gasteiger partial charge in [0, 0.05) is 23.2 Å². The molecule has 3 nitrogen and oxygen atoms in total. The maximum Gasteiger partial charge on any atom is 0.411 e. The molecule has 0 spiro atoms. The smallest absolute Gasteiger partial charge is 0.411 e. The van der Waals surface area contributed by atoms with E-state index < -0.39 is 19.6 Å². The lowest BCUT2D eigenvalue weighted by Gasteiger charge is -2.13. The Bertz CT molecular complexity index is 450. The van der Waals surface area contributed by atoms with E-state index in [4.69, 9.17) is 16.3 Å². The highest BCUT2D eigenvalue weighted by Crippen LogP contribution is 2.25. The summed E-state index contributed by atoms with van der Waals surface area (Å²) >= 11 is 5.91. The molecule has 0 atom stereocenters. The van der Waals surface area contributed by atoms with Crippen LogP contribution in [0.1, 0.15) is 18.4 Å². The normalized spacial score (nSPS) is 15.4. The number of hydrogen-bond donors (Lipinski definition) is 1. The molecule has 0 amide bonds. The van der Waals surface area contributed by atoms with E-state index in [9.17, 15) is 13.2 Å². The molecule has 112 valence electrons. The van der Waals surface area contributed by atoms with E-state index >= 15 is 0 Å². The molecule has 0 unspecified atom stereocenters. The Morgan fingerprint density at radius 1 is 1.30 bits per heavy atom. The molecule has 7 heteroatoms. The number of nitrogens with one attached hydrogen (secondary N) is 1. The molecule has 1 aromatic carbocycles. The first-order valence-electron chi connectivity index (χ1n) is 6.23. The molecular formula is C13H15ClF3NO2. The first-order chi connectivity index (χ1) is 9.44. The highest BCUT2D eigenvalue weighted by atomic mass is 35.5. The fraction of sp³-hybridized carbons (Fsp3) is 0.538. The SMILES string of the molecule is FC(F)(F)COCOc1ccc(Cl)cc1CNC1CC1. The summed E-state index contributed by atoms with van der Waals surface area (Å²) in [5.74, 6) is 0.477. The molecule has 0 saturated heterocycles. The van der Waals surface area contributed by atoms with Crippen molar-refractivity contribution < 1.29 is 22.6 Å². The molecule has 1 fully saturated rings. The standard InChI is InChI=1S/C13H15ClF3NO2/c14-10-1-4-12(20-8-19-7-13(15,16)17)9(5-10)6-18-11-2-3-11/h1,4-5,11,18H,2-3,6-8H2. The fourth-order valence-electron chi connectivity index (χ4n) is 1.63. The average molecular weight is 310 g/mol. The molecule has 1 N–H and O–H groups in total. The van der Waals surface area contributed by atoms with Crippen LogP contribution in [0.25, 0.3) is 0 Å². The van der Waals surface area contributed by atoms with Gasteiger partial charge in [-0.15, -0.1) is 0 Å². The monoisotopic (exact) mass is 309 g/mol. The van der Waals surface area contributed by atoms with E-state index in [0.717, 1.165) is 18.4 Å². The maximum absolute atomic E-state index is 11.9. The van der Waals surface area contributed by atoms with Crippen LogP contribution in [-0.2, 0) is 11.3 Å². The second-order valence-corrected chi connectivity index (χ2v) is 5.07. The number of ether oxygens (including phenoxy) is 2.